The van der Waals surface area contributed by atoms with Gasteiger partial charge in [0.15, 0.2) is 5.62 Å². The zero-order valence-electron chi connectivity index (χ0n) is 8.48. The fraction of sp³-hybridized carbons (Fsp3) is 0.556. The molecule has 0 aromatic rings. The maximum absolute atomic E-state index is 12.4. The average molecular weight is 320 g/mol. The van der Waals surface area contributed by atoms with Crippen molar-refractivity contribution in [3.63, 3.8) is 0 Å². The first-order valence-corrected chi connectivity index (χ1v) is 5.67. The Labute approximate surface area is 105 Å². The summed E-state index contributed by atoms with van der Waals surface area (Å²) in [5.41, 5.74) is -0.580. The zero-order valence-corrected chi connectivity index (χ0v) is 10.8. The molecule has 0 aromatic carbocycles. The van der Waals surface area contributed by atoms with E-state index >= 15 is 0 Å². The Morgan fingerprint density at radius 2 is 2.00 bits per heavy atom. The van der Waals surface area contributed by atoms with E-state index in [1.807, 2.05) is 0 Å². The molecule has 0 amide bonds. The quantitative estimate of drug-likeness (QED) is 0.370. The molecule has 1 heterocycles. The molecule has 4 atom stereocenters. The molecule has 1 saturated heterocycles. The highest BCUT2D eigenvalue weighted by molar-refractivity contribution is 9.11. The molecule has 16 heavy (non-hydrogen) atoms. The summed E-state index contributed by atoms with van der Waals surface area (Å²) < 4.78 is 37.7. The van der Waals surface area contributed by atoms with Crippen molar-refractivity contribution in [1.82, 2.24) is 10.2 Å². The van der Waals surface area contributed by atoms with Gasteiger partial charge in [0.2, 0.25) is 0 Å². The molecule has 0 aliphatic carbocycles. The van der Waals surface area contributed by atoms with Crippen molar-refractivity contribution in [3.05, 3.63) is 23.3 Å². The molecule has 2 nitrogen and oxygen atoms in total. The molecule has 7 heteroatoms. The number of rotatable bonds is 4. The highest BCUT2D eigenvalue weighted by Crippen LogP contribution is 2.43. The summed E-state index contributed by atoms with van der Waals surface area (Å²) in [4.78, 5) is 1.11. The van der Waals surface area contributed by atoms with Gasteiger partial charge in [0, 0.05) is 16.2 Å². The average Bonchev–Trinajstić information content (AvgIpc) is 2.76. The van der Waals surface area contributed by atoms with E-state index < -0.39 is 23.9 Å². The minimum atomic E-state index is -4.25. The normalized spacial score (nSPS) is 30.8. The van der Waals surface area contributed by atoms with Crippen LogP contribution in [0, 0.1) is 0 Å². The van der Waals surface area contributed by atoms with Crippen molar-refractivity contribution < 1.29 is 13.2 Å². The fourth-order valence-corrected chi connectivity index (χ4v) is 2.00. The van der Waals surface area contributed by atoms with E-state index in [-0.39, 0.29) is 0 Å². The first kappa shape index (κ1) is 13.9. The van der Waals surface area contributed by atoms with Crippen LogP contribution in [0.15, 0.2) is 23.3 Å². The molecule has 0 radical (unpaired) electrons. The van der Waals surface area contributed by atoms with Gasteiger partial charge in [-0.1, -0.05) is 24.8 Å². The topological polar surface area (TPSA) is 15.0 Å². The molecule has 0 aromatic heterocycles. The van der Waals surface area contributed by atoms with E-state index in [0.29, 0.717) is 10.2 Å². The summed E-state index contributed by atoms with van der Waals surface area (Å²) in [5, 5.41) is 2.62. The molecule has 0 bridgehead atoms. The van der Waals surface area contributed by atoms with Gasteiger partial charge >= 0.3 is 6.18 Å². The van der Waals surface area contributed by atoms with Crippen LogP contribution in [0.4, 0.5) is 13.2 Å². The van der Waals surface area contributed by atoms with E-state index in [1.54, 1.807) is 0 Å². The minimum absolute atomic E-state index is 0.361. The molecule has 1 aliphatic heterocycles. The first-order chi connectivity index (χ1) is 7.16. The Morgan fingerprint density at radius 1 is 1.50 bits per heavy atom. The van der Waals surface area contributed by atoms with Gasteiger partial charge in [0.25, 0.3) is 0 Å². The number of nitrogens with one attached hydrogen (secondary N) is 1. The molecule has 0 saturated carbocycles. The van der Waals surface area contributed by atoms with Gasteiger partial charge < -0.3 is 5.32 Å². The van der Waals surface area contributed by atoms with Gasteiger partial charge in [0.1, 0.15) is 6.04 Å². The molecule has 1 rings (SSSR count). The van der Waals surface area contributed by atoms with Crippen LogP contribution in [0.5, 0.6) is 0 Å². The van der Waals surface area contributed by atoms with Crippen LogP contribution in [0.3, 0.4) is 0 Å². The molecule has 1 N–H and O–H groups in total. The van der Waals surface area contributed by atoms with Crippen molar-refractivity contribution >= 4 is 27.5 Å². The summed E-state index contributed by atoms with van der Waals surface area (Å²) >= 11 is 8.86. The maximum atomic E-state index is 12.4. The molecular weight excluding hydrogens is 308 g/mol. The summed E-state index contributed by atoms with van der Waals surface area (Å²) in [6, 6.07) is -2.11. The minimum Gasteiger partial charge on any atom is -0.357 e. The third-order valence-electron chi connectivity index (χ3n) is 2.38. The number of nitrogens with zero attached hydrogens (tertiary/aromatic N) is 1. The number of alkyl halides is 4. The third kappa shape index (κ3) is 2.93. The first-order valence-electron chi connectivity index (χ1n) is 4.44. The highest BCUT2D eigenvalue weighted by Gasteiger charge is 2.62. The van der Waals surface area contributed by atoms with Crippen LogP contribution in [0.1, 0.15) is 6.92 Å². The Morgan fingerprint density at radius 3 is 2.31 bits per heavy atom. The second kappa shape index (κ2) is 4.58. The van der Waals surface area contributed by atoms with Gasteiger partial charge in [0.05, 0.1) is 0 Å². The number of allylic oxidation sites excluding steroid dienone is 1. The monoisotopic (exact) mass is 318 g/mol. The Hall–Kier alpha value is -0.200. The van der Waals surface area contributed by atoms with Crippen LogP contribution in [-0.2, 0) is 0 Å². The predicted octanol–water partition coefficient (Wildman–Crippen LogP) is 3.16. The highest BCUT2D eigenvalue weighted by atomic mass is 79.9. The van der Waals surface area contributed by atoms with Gasteiger partial charge in [-0.2, -0.15) is 13.2 Å². The molecule has 1 aliphatic rings. The Balaban J connectivity index is 2.55. The molecule has 92 valence electrons. The molecule has 1 fully saturated rings. The molecular formula is C9H11BrClF3N2. The maximum Gasteiger partial charge on any atom is 0.405 e. The van der Waals surface area contributed by atoms with Crippen LogP contribution >= 0.6 is 27.5 Å². The van der Waals surface area contributed by atoms with E-state index in [9.17, 15) is 13.2 Å². The lowest BCUT2D eigenvalue weighted by atomic mass is 10.3. The van der Waals surface area contributed by atoms with Crippen molar-refractivity contribution in [2.24, 2.45) is 0 Å². The van der Waals surface area contributed by atoms with Crippen LogP contribution in [-0.4, -0.2) is 28.8 Å². The summed E-state index contributed by atoms with van der Waals surface area (Å²) in [7, 11) is 0. The lowest BCUT2D eigenvalue weighted by Gasteiger charge is -2.17. The van der Waals surface area contributed by atoms with Crippen molar-refractivity contribution in [2.45, 2.75) is 30.8 Å². The smallest absolute Gasteiger partial charge is 0.357 e. The lowest BCUT2D eigenvalue weighted by Crippen LogP contribution is -2.34. The molecule has 0 spiro atoms. The zero-order chi connectivity index (χ0) is 12.7. The number of hydrogen-bond acceptors (Lipinski definition) is 2. The van der Waals surface area contributed by atoms with Crippen molar-refractivity contribution in [3.8, 4) is 0 Å². The van der Waals surface area contributed by atoms with Gasteiger partial charge in [-0.3, -0.25) is 4.90 Å². The largest absolute Gasteiger partial charge is 0.405 e. The second-order valence-corrected chi connectivity index (χ2v) is 4.91. The van der Waals surface area contributed by atoms with Crippen LogP contribution in [0.25, 0.3) is 0 Å². The standard InChI is InChI=1S/C9H11BrClF3N2/c1-4(10)5(2)15-8(11)16-6(3)7(16)9(12,13)14/h6-8,15H,1-2H2,3H3/t6?,7-,8?,16?/m0/s1. The van der Waals surface area contributed by atoms with Gasteiger partial charge in [-0.15, -0.1) is 0 Å². The van der Waals surface area contributed by atoms with E-state index in [2.05, 4.69) is 34.4 Å². The summed E-state index contributed by atoms with van der Waals surface area (Å²) in [6.07, 6.45) is -4.25. The fourth-order valence-electron chi connectivity index (χ4n) is 1.46. The Kier molecular flexibility index (Phi) is 3.97. The SMILES string of the molecule is C=C(Br)C(=C)NC(Cl)N1C(C)[C@H]1C(F)(F)F. The van der Waals surface area contributed by atoms with Crippen LogP contribution in [0.2, 0.25) is 0 Å². The summed E-state index contributed by atoms with van der Waals surface area (Å²) in [6.45, 7) is 8.57. The van der Waals surface area contributed by atoms with Gasteiger partial charge in [-0.05, 0) is 22.9 Å². The van der Waals surface area contributed by atoms with Crippen molar-refractivity contribution in [1.29, 1.82) is 0 Å². The van der Waals surface area contributed by atoms with E-state index in [1.165, 1.54) is 6.92 Å². The number of halogens is 5. The number of hydrogen-bond donors (Lipinski definition) is 1. The van der Waals surface area contributed by atoms with Crippen LogP contribution < -0.4 is 5.32 Å². The Bertz CT molecular complexity index is 318. The second-order valence-electron chi connectivity index (χ2n) is 3.54. The van der Waals surface area contributed by atoms with Gasteiger partial charge in [-0.25, -0.2) is 0 Å². The van der Waals surface area contributed by atoms with E-state index in [0.717, 1.165) is 4.90 Å². The molecule has 3 unspecified atom stereocenters. The van der Waals surface area contributed by atoms with Crippen molar-refractivity contribution in [2.75, 3.05) is 0 Å². The summed E-state index contributed by atoms with van der Waals surface area (Å²) in [5.74, 6) is 0. The lowest BCUT2D eigenvalue weighted by molar-refractivity contribution is -0.138. The third-order valence-corrected chi connectivity index (χ3v) is 3.19. The van der Waals surface area contributed by atoms with E-state index in [4.69, 9.17) is 11.6 Å². The predicted molar refractivity (Wildman–Crippen MR) is 61.1 cm³/mol.